The first kappa shape index (κ1) is 10.4. The summed E-state index contributed by atoms with van der Waals surface area (Å²) in [6.45, 7) is 2.64. The second-order valence-corrected chi connectivity index (χ2v) is 3.72. The lowest BCUT2D eigenvalue weighted by atomic mass is 10.1. The lowest BCUT2D eigenvalue weighted by molar-refractivity contribution is 0.0697. The third-order valence-corrected chi connectivity index (χ3v) is 2.31. The van der Waals surface area contributed by atoms with Gasteiger partial charge in [-0.15, -0.1) is 0 Å². The second kappa shape index (κ2) is 4.18. The van der Waals surface area contributed by atoms with Crippen molar-refractivity contribution >= 4 is 5.97 Å². The number of carbonyl (C=O) groups is 1. The summed E-state index contributed by atoms with van der Waals surface area (Å²) < 4.78 is 1.82. The second-order valence-electron chi connectivity index (χ2n) is 3.72. The van der Waals surface area contributed by atoms with E-state index in [1.165, 1.54) is 0 Å². The first-order valence-electron chi connectivity index (χ1n) is 4.96. The van der Waals surface area contributed by atoms with Gasteiger partial charge in [0, 0.05) is 6.20 Å². The van der Waals surface area contributed by atoms with E-state index >= 15 is 0 Å². The monoisotopic (exact) mass is 216 g/mol. The maximum Gasteiger partial charge on any atom is 0.335 e. The van der Waals surface area contributed by atoms with Crippen molar-refractivity contribution in [1.29, 1.82) is 0 Å². The highest BCUT2D eigenvalue weighted by atomic mass is 16.4. The molecule has 2 rings (SSSR count). The van der Waals surface area contributed by atoms with Gasteiger partial charge in [-0.2, -0.15) is 5.10 Å². The summed E-state index contributed by atoms with van der Waals surface area (Å²) in [6.07, 6.45) is 3.75. The summed E-state index contributed by atoms with van der Waals surface area (Å²) >= 11 is 0. The standard InChI is InChI=1S/C12H12N2O2/c1-9-6-13-14(7-9)8-10-2-4-11(5-3-10)12(15)16/h2-7H,8H2,1H3,(H,15,16). The number of aryl methyl sites for hydroxylation is 1. The molecule has 1 heterocycles. The maximum atomic E-state index is 10.7. The van der Waals surface area contributed by atoms with Crippen molar-refractivity contribution in [1.82, 2.24) is 9.78 Å². The van der Waals surface area contributed by atoms with E-state index in [0.29, 0.717) is 12.1 Å². The minimum absolute atomic E-state index is 0.306. The minimum Gasteiger partial charge on any atom is -0.478 e. The van der Waals surface area contributed by atoms with E-state index in [-0.39, 0.29) is 0 Å². The van der Waals surface area contributed by atoms with E-state index in [2.05, 4.69) is 5.10 Å². The van der Waals surface area contributed by atoms with Gasteiger partial charge >= 0.3 is 5.97 Å². The van der Waals surface area contributed by atoms with Gasteiger partial charge in [-0.3, -0.25) is 4.68 Å². The highest BCUT2D eigenvalue weighted by Gasteiger charge is 2.02. The van der Waals surface area contributed by atoms with Crippen LogP contribution in [0.4, 0.5) is 0 Å². The molecule has 0 aliphatic rings. The van der Waals surface area contributed by atoms with Crippen molar-refractivity contribution in [3.63, 3.8) is 0 Å². The molecule has 2 aromatic rings. The van der Waals surface area contributed by atoms with Crippen molar-refractivity contribution < 1.29 is 9.90 Å². The fourth-order valence-electron chi connectivity index (χ4n) is 1.49. The van der Waals surface area contributed by atoms with Crippen LogP contribution < -0.4 is 0 Å². The molecule has 0 fully saturated rings. The Balaban J connectivity index is 2.14. The number of rotatable bonds is 3. The average molecular weight is 216 g/mol. The number of nitrogens with zero attached hydrogens (tertiary/aromatic N) is 2. The molecule has 0 atom stereocenters. The van der Waals surface area contributed by atoms with E-state index < -0.39 is 5.97 Å². The van der Waals surface area contributed by atoms with Gasteiger partial charge in [0.05, 0.1) is 18.3 Å². The third-order valence-electron chi connectivity index (χ3n) is 2.31. The van der Waals surface area contributed by atoms with Gasteiger partial charge in [-0.1, -0.05) is 12.1 Å². The summed E-state index contributed by atoms with van der Waals surface area (Å²) in [5.74, 6) is -0.901. The Labute approximate surface area is 93.1 Å². The van der Waals surface area contributed by atoms with Crippen molar-refractivity contribution in [2.75, 3.05) is 0 Å². The zero-order valence-corrected chi connectivity index (χ0v) is 8.92. The molecular weight excluding hydrogens is 204 g/mol. The Bertz CT molecular complexity index is 500. The molecule has 0 spiro atoms. The Morgan fingerprint density at radius 2 is 2.06 bits per heavy atom. The molecule has 0 saturated heterocycles. The summed E-state index contributed by atoms with van der Waals surface area (Å²) in [4.78, 5) is 10.7. The average Bonchev–Trinajstić information content (AvgIpc) is 2.65. The minimum atomic E-state index is -0.901. The van der Waals surface area contributed by atoms with Crippen molar-refractivity contribution in [2.45, 2.75) is 13.5 Å². The number of carboxylic acids is 1. The van der Waals surface area contributed by atoms with Crippen LogP contribution in [-0.2, 0) is 6.54 Å². The zero-order chi connectivity index (χ0) is 11.5. The smallest absolute Gasteiger partial charge is 0.335 e. The van der Waals surface area contributed by atoms with Crippen molar-refractivity contribution in [3.05, 3.63) is 53.3 Å². The molecule has 4 nitrogen and oxygen atoms in total. The molecule has 0 radical (unpaired) electrons. The van der Waals surface area contributed by atoms with E-state index in [0.717, 1.165) is 11.1 Å². The van der Waals surface area contributed by atoms with E-state index in [4.69, 9.17) is 5.11 Å². The van der Waals surface area contributed by atoms with Crippen LogP contribution in [0.25, 0.3) is 0 Å². The Kier molecular flexibility index (Phi) is 2.72. The van der Waals surface area contributed by atoms with Gasteiger partial charge in [-0.05, 0) is 30.2 Å². The molecule has 0 unspecified atom stereocenters. The predicted molar refractivity (Wildman–Crippen MR) is 59.5 cm³/mol. The molecular formula is C12H12N2O2. The number of hydrogen-bond acceptors (Lipinski definition) is 2. The number of carboxylic acid groups (broad SMARTS) is 1. The first-order valence-corrected chi connectivity index (χ1v) is 4.96. The Hall–Kier alpha value is -2.10. The lowest BCUT2D eigenvalue weighted by Gasteiger charge is -2.02. The summed E-state index contributed by atoms with van der Waals surface area (Å²) in [6, 6.07) is 6.82. The molecule has 0 saturated carbocycles. The quantitative estimate of drug-likeness (QED) is 0.853. The fourth-order valence-corrected chi connectivity index (χ4v) is 1.49. The van der Waals surface area contributed by atoms with Crippen LogP contribution in [0.1, 0.15) is 21.5 Å². The van der Waals surface area contributed by atoms with Crippen LogP contribution in [0.15, 0.2) is 36.7 Å². The normalized spacial score (nSPS) is 10.3. The fraction of sp³-hybridized carbons (Fsp3) is 0.167. The van der Waals surface area contributed by atoms with Gasteiger partial charge in [0.25, 0.3) is 0 Å². The van der Waals surface area contributed by atoms with Crippen LogP contribution in [0.5, 0.6) is 0 Å². The van der Waals surface area contributed by atoms with Gasteiger partial charge < -0.3 is 5.11 Å². The molecule has 82 valence electrons. The molecule has 1 aromatic heterocycles. The highest BCUT2D eigenvalue weighted by molar-refractivity contribution is 5.87. The van der Waals surface area contributed by atoms with Crippen LogP contribution in [0.2, 0.25) is 0 Å². The maximum absolute atomic E-state index is 10.7. The van der Waals surface area contributed by atoms with Gasteiger partial charge in [0.1, 0.15) is 0 Å². The summed E-state index contributed by atoms with van der Waals surface area (Å²) in [5.41, 5.74) is 2.45. The number of aromatic carboxylic acids is 1. The Morgan fingerprint density at radius 3 is 2.56 bits per heavy atom. The van der Waals surface area contributed by atoms with Crippen molar-refractivity contribution in [2.24, 2.45) is 0 Å². The number of benzene rings is 1. The van der Waals surface area contributed by atoms with E-state index in [1.54, 1.807) is 30.5 Å². The number of aromatic nitrogens is 2. The van der Waals surface area contributed by atoms with Crippen LogP contribution in [0, 0.1) is 6.92 Å². The first-order chi connectivity index (χ1) is 7.65. The molecule has 0 aliphatic carbocycles. The molecule has 1 N–H and O–H groups in total. The number of hydrogen-bond donors (Lipinski definition) is 1. The molecule has 16 heavy (non-hydrogen) atoms. The largest absolute Gasteiger partial charge is 0.478 e. The summed E-state index contributed by atoms with van der Waals surface area (Å²) in [5, 5.41) is 12.9. The molecule has 0 amide bonds. The SMILES string of the molecule is Cc1cnn(Cc2ccc(C(=O)O)cc2)c1. The molecule has 0 bridgehead atoms. The van der Waals surface area contributed by atoms with E-state index in [1.807, 2.05) is 17.8 Å². The zero-order valence-electron chi connectivity index (χ0n) is 8.92. The Morgan fingerprint density at radius 1 is 1.38 bits per heavy atom. The van der Waals surface area contributed by atoms with Gasteiger partial charge in [0.15, 0.2) is 0 Å². The van der Waals surface area contributed by atoms with Crippen molar-refractivity contribution in [3.8, 4) is 0 Å². The molecule has 1 aromatic carbocycles. The van der Waals surface area contributed by atoms with Crippen LogP contribution in [0.3, 0.4) is 0 Å². The summed E-state index contributed by atoms with van der Waals surface area (Å²) in [7, 11) is 0. The molecule has 4 heteroatoms. The highest BCUT2D eigenvalue weighted by Crippen LogP contribution is 2.06. The van der Waals surface area contributed by atoms with Crippen LogP contribution in [-0.4, -0.2) is 20.9 Å². The topological polar surface area (TPSA) is 55.1 Å². The predicted octanol–water partition coefficient (Wildman–Crippen LogP) is 1.94. The van der Waals surface area contributed by atoms with Gasteiger partial charge in [0.2, 0.25) is 0 Å². The molecule has 0 aliphatic heterocycles. The lowest BCUT2D eigenvalue weighted by Crippen LogP contribution is -2.01. The van der Waals surface area contributed by atoms with Gasteiger partial charge in [-0.25, -0.2) is 4.79 Å². The van der Waals surface area contributed by atoms with E-state index in [9.17, 15) is 4.79 Å². The van der Waals surface area contributed by atoms with Crippen LogP contribution >= 0.6 is 0 Å². The third kappa shape index (κ3) is 2.28.